The average Bonchev–Trinajstić information content (AvgIpc) is 2.64. The first-order valence-corrected chi connectivity index (χ1v) is 6.20. The van der Waals surface area contributed by atoms with Gasteiger partial charge in [0.15, 0.2) is 0 Å². The van der Waals surface area contributed by atoms with E-state index in [-0.39, 0.29) is 5.78 Å². The molecule has 0 saturated heterocycles. The van der Waals surface area contributed by atoms with Gasteiger partial charge in [0.1, 0.15) is 0 Å². The Hall–Kier alpha value is -0.930. The van der Waals surface area contributed by atoms with Gasteiger partial charge in [0.25, 0.3) is 0 Å². The molecular weight excluding hydrogens is 272 g/mol. The van der Waals surface area contributed by atoms with Crippen LogP contribution < -0.4 is 0 Å². The molecule has 0 N–H and O–H groups in total. The molecule has 0 spiro atoms. The first-order valence-electron chi connectivity index (χ1n) is 4.53. The molecule has 0 saturated carbocycles. The zero-order valence-corrected chi connectivity index (χ0v) is 10.6. The minimum Gasteiger partial charge on any atom is -0.288 e. The van der Waals surface area contributed by atoms with E-state index in [0.29, 0.717) is 0 Å². The number of ketones is 1. The number of hydrogen-bond acceptors (Lipinski definition) is 2. The lowest BCUT2D eigenvalue weighted by atomic mass is 10.0. The molecule has 0 radical (unpaired) electrons. The van der Waals surface area contributed by atoms with Gasteiger partial charge in [-0.1, -0.05) is 24.3 Å². The summed E-state index contributed by atoms with van der Waals surface area (Å²) in [4.78, 5) is 12.9. The Balaban J connectivity index is 2.46. The average molecular weight is 281 g/mol. The summed E-state index contributed by atoms with van der Waals surface area (Å²) in [5, 5.41) is 1.91. The van der Waals surface area contributed by atoms with Gasteiger partial charge in [-0.05, 0) is 39.9 Å². The summed E-state index contributed by atoms with van der Waals surface area (Å²) in [7, 11) is 0. The van der Waals surface area contributed by atoms with Crippen molar-refractivity contribution in [3.05, 3.63) is 56.2 Å². The van der Waals surface area contributed by atoms with Gasteiger partial charge in [0, 0.05) is 10.0 Å². The molecule has 0 unspecified atom stereocenters. The Morgan fingerprint density at radius 2 is 2.00 bits per heavy atom. The summed E-state index contributed by atoms with van der Waals surface area (Å²) >= 11 is 4.84. The van der Waals surface area contributed by atoms with Gasteiger partial charge >= 0.3 is 0 Å². The zero-order valence-electron chi connectivity index (χ0n) is 8.16. The van der Waals surface area contributed by atoms with Gasteiger partial charge in [-0.15, -0.1) is 11.3 Å². The topological polar surface area (TPSA) is 17.1 Å². The quantitative estimate of drug-likeness (QED) is 0.759. The van der Waals surface area contributed by atoms with Crippen molar-refractivity contribution >= 4 is 33.0 Å². The number of halogens is 1. The molecule has 2 rings (SSSR count). The van der Waals surface area contributed by atoms with E-state index in [4.69, 9.17) is 0 Å². The van der Waals surface area contributed by atoms with Crippen LogP contribution in [0.3, 0.4) is 0 Å². The number of benzene rings is 1. The van der Waals surface area contributed by atoms with Gasteiger partial charge in [-0.2, -0.15) is 0 Å². The summed E-state index contributed by atoms with van der Waals surface area (Å²) in [6.45, 7) is 1.95. The number of rotatable bonds is 2. The third-order valence-electron chi connectivity index (χ3n) is 2.21. The highest BCUT2D eigenvalue weighted by atomic mass is 79.9. The first kappa shape index (κ1) is 10.6. The van der Waals surface area contributed by atoms with E-state index in [9.17, 15) is 4.79 Å². The van der Waals surface area contributed by atoms with E-state index in [1.807, 2.05) is 42.6 Å². The van der Waals surface area contributed by atoms with Crippen molar-refractivity contribution in [3.63, 3.8) is 0 Å². The predicted molar refractivity (Wildman–Crippen MR) is 66.6 cm³/mol. The largest absolute Gasteiger partial charge is 0.288 e. The number of carbonyl (C=O) groups is 1. The minimum absolute atomic E-state index is 0.0926. The van der Waals surface area contributed by atoms with Crippen LogP contribution in [0.4, 0.5) is 0 Å². The molecular formula is C12H9BrOS. The maximum absolute atomic E-state index is 12.1. The van der Waals surface area contributed by atoms with Gasteiger partial charge in [0.05, 0.1) is 4.88 Å². The van der Waals surface area contributed by atoms with Gasteiger partial charge < -0.3 is 0 Å². The monoisotopic (exact) mass is 280 g/mol. The Labute approximate surface area is 101 Å². The van der Waals surface area contributed by atoms with E-state index in [1.54, 1.807) is 0 Å². The van der Waals surface area contributed by atoms with Crippen LogP contribution in [0.2, 0.25) is 0 Å². The fraction of sp³-hybridized carbons (Fsp3) is 0.0833. The van der Waals surface area contributed by atoms with Crippen molar-refractivity contribution in [2.24, 2.45) is 0 Å². The van der Waals surface area contributed by atoms with Gasteiger partial charge in [-0.3, -0.25) is 4.79 Å². The van der Waals surface area contributed by atoms with Crippen molar-refractivity contribution in [1.82, 2.24) is 0 Å². The van der Waals surface area contributed by atoms with Crippen LogP contribution in [0.1, 0.15) is 20.8 Å². The first-order chi connectivity index (χ1) is 7.20. The zero-order chi connectivity index (χ0) is 10.8. The molecule has 1 heterocycles. The highest BCUT2D eigenvalue weighted by Crippen LogP contribution is 2.26. The summed E-state index contributed by atoms with van der Waals surface area (Å²) in [5.41, 5.74) is 1.79. The van der Waals surface area contributed by atoms with Crippen LogP contribution in [-0.2, 0) is 0 Å². The summed E-state index contributed by atoms with van der Waals surface area (Å²) in [6.07, 6.45) is 0. The molecule has 0 fully saturated rings. The minimum atomic E-state index is 0.0926. The third kappa shape index (κ3) is 2.03. The van der Waals surface area contributed by atoms with Gasteiger partial charge in [0.2, 0.25) is 5.78 Å². The lowest BCUT2D eigenvalue weighted by molar-refractivity contribution is 0.104. The van der Waals surface area contributed by atoms with E-state index >= 15 is 0 Å². The molecule has 0 aliphatic heterocycles. The summed E-state index contributed by atoms with van der Waals surface area (Å²) in [5.74, 6) is 0.0926. The molecule has 2 aromatic rings. The van der Waals surface area contributed by atoms with Crippen molar-refractivity contribution in [2.75, 3.05) is 0 Å². The van der Waals surface area contributed by atoms with Crippen LogP contribution in [0, 0.1) is 6.92 Å². The smallest absolute Gasteiger partial charge is 0.204 e. The molecule has 0 atom stereocenters. The molecule has 76 valence electrons. The molecule has 1 aromatic carbocycles. The molecule has 3 heteroatoms. The normalized spacial score (nSPS) is 10.3. The van der Waals surface area contributed by atoms with E-state index < -0.39 is 0 Å². The van der Waals surface area contributed by atoms with E-state index in [1.165, 1.54) is 11.3 Å². The van der Waals surface area contributed by atoms with Crippen LogP contribution >= 0.6 is 27.3 Å². The van der Waals surface area contributed by atoms with Gasteiger partial charge in [-0.25, -0.2) is 0 Å². The molecule has 0 bridgehead atoms. The molecule has 1 aromatic heterocycles. The molecule has 0 aliphatic carbocycles. The van der Waals surface area contributed by atoms with Crippen molar-refractivity contribution in [1.29, 1.82) is 0 Å². The van der Waals surface area contributed by atoms with Crippen molar-refractivity contribution in [3.8, 4) is 0 Å². The maximum atomic E-state index is 12.1. The highest BCUT2D eigenvalue weighted by molar-refractivity contribution is 9.10. The van der Waals surface area contributed by atoms with Crippen LogP contribution in [0.25, 0.3) is 0 Å². The fourth-order valence-electron chi connectivity index (χ4n) is 1.41. The van der Waals surface area contributed by atoms with Crippen molar-refractivity contribution < 1.29 is 4.79 Å². The summed E-state index contributed by atoms with van der Waals surface area (Å²) < 4.78 is 0.876. The van der Waals surface area contributed by atoms with Crippen LogP contribution in [-0.4, -0.2) is 5.78 Å². The fourth-order valence-corrected chi connectivity index (χ4v) is 2.91. The second-order valence-electron chi connectivity index (χ2n) is 3.24. The highest BCUT2D eigenvalue weighted by Gasteiger charge is 2.15. The lowest BCUT2D eigenvalue weighted by Crippen LogP contribution is -2.01. The second-order valence-corrected chi connectivity index (χ2v) is 5.01. The second kappa shape index (κ2) is 4.29. The molecule has 1 nitrogen and oxygen atoms in total. The number of carbonyl (C=O) groups excluding carboxylic acids is 1. The maximum Gasteiger partial charge on any atom is 0.204 e. The summed E-state index contributed by atoms with van der Waals surface area (Å²) in [6, 6.07) is 9.55. The third-order valence-corrected chi connectivity index (χ3v) is 4.05. The van der Waals surface area contributed by atoms with Crippen LogP contribution in [0.15, 0.2) is 40.2 Å². The molecule has 0 amide bonds. The Bertz CT molecular complexity index is 502. The number of aryl methyl sites for hydroxylation is 1. The predicted octanol–water partition coefficient (Wildman–Crippen LogP) is 4.05. The SMILES string of the molecule is Cc1ccccc1C(=O)c1sccc1Br. The van der Waals surface area contributed by atoms with E-state index in [2.05, 4.69) is 15.9 Å². The van der Waals surface area contributed by atoms with Crippen molar-refractivity contribution in [2.45, 2.75) is 6.92 Å². The Kier molecular flexibility index (Phi) is 3.03. The Morgan fingerprint density at radius 1 is 1.27 bits per heavy atom. The lowest BCUT2D eigenvalue weighted by Gasteiger charge is -2.02. The number of hydrogen-bond donors (Lipinski definition) is 0. The van der Waals surface area contributed by atoms with E-state index in [0.717, 1.165) is 20.5 Å². The number of thiophene rings is 1. The Morgan fingerprint density at radius 3 is 2.60 bits per heavy atom. The standard InChI is InChI=1S/C12H9BrOS/c1-8-4-2-3-5-9(8)11(14)12-10(13)6-7-15-12/h2-7H,1H3. The molecule has 0 aliphatic rings. The van der Waals surface area contributed by atoms with Crippen LogP contribution in [0.5, 0.6) is 0 Å². The molecule has 15 heavy (non-hydrogen) atoms.